The van der Waals surface area contributed by atoms with E-state index in [-0.39, 0.29) is 0 Å². The molecule has 26 heavy (non-hydrogen) atoms. The van der Waals surface area contributed by atoms with Gasteiger partial charge < -0.3 is 4.90 Å². The second kappa shape index (κ2) is 7.20. The van der Waals surface area contributed by atoms with Crippen molar-refractivity contribution in [3.05, 3.63) is 54.7 Å². The standard InChI is InChI=1S/C21H23N5/c1-15-4-3-11-26(14-15)21-24-13-19(17-7-9-22-10-8-17)20(25-21)18-6-5-16(2)23-12-18/h5-10,12-13,15H,3-4,11,14H2,1-2H3/t15-/m1/s1. The molecule has 0 unspecified atom stereocenters. The molecule has 0 spiro atoms. The van der Waals surface area contributed by atoms with Gasteiger partial charge >= 0.3 is 0 Å². The maximum absolute atomic E-state index is 4.96. The number of rotatable bonds is 3. The summed E-state index contributed by atoms with van der Waals surface area (Å²) in [6.45, 7) is 6.32. The molecule has 5 nitrogen and oxygen atoms in total. The lowest BCUT2D eigenvalue weighted by Gasteiger charge is -2.31. The van der Waals surface area contributed by atoms with Crippen LogP contribution in [0.4, 0.5) is 5.95 Å². The Labute approximate surface area is 154 Å². The third-order valence-corrected chi connectivity index (χ3v) is 4.89. The van der Waals surface area contributed by atoms with E-state index in [1.54, 1.807) is 12.4 Å². The lowest BCUT2D eigenvalue weighted by molar-refractivity contribution is 0.442. The third kappa shape index (κ3) is 3.43. The van der Waals surface area contributed by atoms with Crippen LogP contribution in [0.3, 0.4) is 0 Å². The van der Waals surface area contributed by atoms with E-state index in [1.165, 1.54) is 12.8 Å². The van der Waals surface area contributed by atoms with Crippen LogP contribution in [0.15, 0.2) is 49.1 Å². The van der Waals surface area contributed by atoms with Gasteiger partial charge in [0, 0.05) is 54.7 Å². The number of piperidine rings is 1. The molecule has 132 valence electrons. The number of hydrogen-bond acceptors (Lipinski definition) is 5. The molecule has 0 amide bonds. The van der Waals surface area contributed by atoms with Crippen LogP contribution in [0.2, 0.25) is 0 Å². The van der Waals surface area contributed by atoms with Gasteiger partial charge in [-0.15, -0.1) is 0 Å². The summed E-state index contributed by atoms with van der Waals surface area (Å²) in [6.07, 6.45) is 9.90. The molecule has 1 aliphatic rings. The van der Waals surface area contributed by atoms with Gasteiger partial charge in [-0.3, -0.25) is 9.97 Å². The van der Waals surface area contributed by atoms with Crippen molar-refractivity contribution in [1.82, 2.24) is 19.9 Å². The Bertz CT molecular complexity index is 877. The van der Waals surface area contributed by atoms with Gasteiger partial charge in [0.25, 0.3) is 0 Å². The molecule has 4 heterocycles. The molecular formula is C21H23N5. The fourth-order valence-corrected chi connectivity index (χ4v) is 3.47. The summed E-state index contributed by atoms with van der Waals surface area (Å²) in [5.74, 6) is 1.49. The first-order chi connectivity index (χ1) is 12.7. The zero-order valence-electron chi connectivity index (χ0n) is 15.3. The first kappa shape index (κ1) is 16.6. The molecule has 1 atom stereocenters. The highest BCUT2D eigenvalue weighted by molar-refractivity contribution is 5.80. The molecule has 0 radical (unpaired) electrons. The molecule has 0 bridgehead atoms. The average molecular weight is 345 g/mol. The summed E-state index contributed by atoms with van der Waals surface area (Å²) in [5.41, 5.74) is 5.00. The zero-order chi connectivity index (χ0) is 17.9. The second-order valence-corrected chi connectivity index (χ2v) is 7.05. The van der Waals surface area contributed by atoms with Crippen LogP contribution < -0.4 is 4.90 Å². The highest BCUT2D eigenvalue weighted by Crippen LogP contribution is 2.31. The van der Waals surface area contributed by atoms with Crippen molar-refractivity contribution < 1.29 is 0 Å². The number of nitrogens with zero attached hydrogens (tertiary/aromatic N) is 5. The van der Waals surface area contributed by atoms with Crippen molar-refractivity contribution in [1.29, 1.82) is 0 Å². The molecular weight excluding hydrogens is 322 g/mol. The number of aryl methyl sites for hydroxylation is 1. The van der Waals surface area contributed by atoms with Crippen molar-refractivity contribution in [3.63, 3.8) is 0 Å². The Morgan fingerprint density at radius 2 is 1.85 bits per heavy atom. The Morgan fingerprint density at radius 3 is 2.58 bits per heavy atom. The maximum atomic E-state index is 4.96. The molecule has 0 aromatic carbocycles. The van der Waals surface area contributed by atoms with Crippen LogP contribution in [0, 0.1) is 12.8 Å². The molecule has 3 aromatic rings. The van der Waals surface area contributed by atoms with E-state index in [1.807, 2.05) is 37.5 Å². The van der Waals surface area contributed by atoms with Crippen molar-refractivity contribution >= 4 is 5.95 Å². The molecule has 1 aliphatic heterocycles. The van der Waals surface area contributed by atoms with Crippen molar-refractivity contribution in [2.75, 3.05) is 18.0 Å². The van der Waals surface area contributed by atoms with Gasteiger partial charge in [0.1, 0.15) is 0 Å². The molecule has 5 heteroatoms. The monoisotopic (exact) mass is 345 g/mol. The summed E-state index contributed by atoms with van der Waals surface area (Å²) >= 11 is 0. The second-order valence-electron chi connectivity index (χ2n) is 7.05. The van der Waals surface area contributed by atoms with E-state index in [4.69, 9.17) is 9.97 Å². The summed E-state index contributed by atoms with van der Waals surface area (Å²) in [4.78, 5) is 20.5. The summed E-state index contributed by atoms with van der Waals surface area (Å²) in [7, 11) is 0. The Morgan fingerprint density at radius 1 is 1.00 bits per heavy atom. The van der Waals surface area contributed by atoms with Crippen LogP contribution in [-0.2, 0) is 0 Å². The first-order valence-electron chi connectivity index (χ1n) is 9.16. The Balaban J connectivity index is 1.80. The molecule has 3 aromatic heterocycles. The van der Waals surface area contributed by atoms with Gasteiger partial charge in [-0.05, 0) is 55.5 Å². The van der Waals surface area contributed by atoms with Crippen molar-refractivity contribution in [2.45, 2.75) is 26.7 Å². The van der Waals surface area contributed by atoms with Gasteiger partial charge in [0.15, 0.2) is 0 Å². The highest BCUT2D eigenvalue weighted by atomic mass is 15.3. The van der Waals surface area contributed by atoms with Gasteiger partial charge in [-0.25, -0.2) is 9.97 Å². The predicted octanol–water partition coefficient (Wildman–Crippen LogP) is 4.15. The first-order valence-corrected chi connectivity index (χ1v) is 9.16. The number of hydrogen-bond donors (Lipinski definition) is 0. The molecule has 1 fully saturated rings. The topological polar surface area (TPSA) is 54.8 Å². The number of anilines is 1. The van der Waals surface area contributed by atoms with Gasteiger partial charge in [0.2, 0.25) is 5.95 Å². The van der Waals surface area contributed by atoms with Crippen molar-refractivity contribution in [2.24, 2.45) is 5.92 Å². The average Bonchev–Trinajstić information content (AvgIpc) is 2.69. The van der Waals surface area contributed by atoms with Crippen LogP contribution in [0.1, 0.15) is 25.5 Å². The van der Waals surface area contributed by atoms with E-state index in [9.17, 15) is 0 Å². The van der Waals surface area contributed by atoms with Crippen LogP contribution in [-0.4, -0.2) is 33.0 Å². The molecule has 0 N–H and O–H groups in total. The minimum absolute atomic E-state index is 0.678. The van der Waals surface area contributed by atoms with Gasteiger partial charge in [-0.2, -0.15) is 0 Å². The lowest BCUT2D eigenvalue weighted by Crippen LogP contribution is -2.35. The molecule has 0 saturated carbocycles. The normalized spacial score (nSPS) is 17.3. The maximum Gasteiger partial charge on any atom is 0.225 e. The summed E-state index contributed by atoms with van der Waals surface area (Å²) in [6, 6.07) is 8.09. The van der Waals surface area contributed by atoms with Crippen LogP contribution >= 0.6 is 0 Å². The highest BCUT2D eigenvalue weighted by Gasteiger charge is 2.20. The van der Waals surface area contributed by atoms with E-state index in [0.29, 0.717) is 5.92 Å². The van der Waals surface area contributed by atoms with E-state index in [0.717, 1.165) is 47.1 Å². The quantitative estimate of drug-likeness (QED) is 0.714. The smallest absolute Gasteiger partial charge is 0.225 e. The van der Waals surface area contributed by atoms with Gasteiger partial charge in [0.05, 0.1) is 5.69 Å². The molecule has 4 rings (SSSR count). The third-order valence-electron chi connectivity index (χ3n) is 4.89. The minimum atomic E-state index is 0.678. The Hall–Kier alpha value is -2.82. The number of pyridine rings is 2. The lowest BCUT2D eigenvalue weighted by atomic mass is 10.0. The van der Waals surface area contributed by atoms with E-state index in [2.05, 4.69) is 27.9 Å². The van der Waals surface area contributed by atoms with Gasteiger partial charge in [-0.1, -0.05) is 6.92 Å². The van der Waals surface area contributed by atoms with E-state index >= 15 is 0 Å². The largest absolute Gasteiger partial charge is 0.341 e. The van der Waals surface area contributed by atoms with Crippen LogP contribution in [0.5, 0.6) is 0 Å². The number of aromatic nitrogens is 4. The van der Waals surface area contributed by atoms with E-state index < -0.39 is 0 Å². The Kier molecular flexibility index (Phi) is 4.61. The zero-order valence-corrected chi connectivity index (χ0v) is 15.3. The predicted molar refractivity (Wildman–Crippen MR) is 104 cm³/mol. The molecule has 0 aliphatic carbocycles. The fraction of sp³-hybridized carbons (Fsp3) is 0.333. The SMILES string of the molecule is Cc1ccc(-c2nc(N3CCC[C@@H](C)C3)ncc2-c2ccncc2)cn1. The summed E-state index contributed by atoms with van der Waals surface area (Å²) < 4.78 is 0. The van der Waals surface area contributed by atoms with Crippen LogP contribution in [0.25, 0.3) is 22.4 Å². The van der Waals surface area contributed by atoms with Crippen molar-refractivity contribution in [3.8, 4) is 22.4 Å². The summed E-state index contributed by atoms with van der Waals surface area (Å²) in [5, 5.41) is 0. The minimum Gasteiger partial charge on any atom is -0.341 e. The molecule has 1 saturated heterocycles. The fourth-order valence-electron chi connectivity index (χ4n) is 3.47.